The Balaban J connectivity index is 2.09. The number of pyridine rings is 2. The summed E-state index contributed by atoms with van der Waals surface area (Å²) in [5.74, 6) is 0.903. The lowest BCUT2D eigenvalue weighted by Gasteiger charge is -2.08. The summed E-state index contributed by atoms with van der Waals surface area (Å²) in [6.07, 6.45) is 1.58. The van der Waals surface area contributed by atoms with E-state index in [4.69, 9.17) is 15.7 Å². The van der Waals surface area contributed by atoms with E-state index in [1.807, 2.05) is 19.1 Å². The van der Waals surface area contributed by atoms with Crippen LogP contribution in [0.4, 0.5) is 5.82 Å². The Morgan fingerprint density at radius 1 is 1.39 bits per heavy atom. The molecule has 2 rings (SSSR count). The molecule has 0 spiro atoms. The van der Waals surface area contributed by atoms with Gasteiger partial charge in [0.1, 0.15) is 18.4 Å². The Hall–Kier alpha value is -2.61. The zero-order chi connectivity index (χ0) is 13.0. The molecule has 0 saturated carbocycles. The van der Waals surface area contributed by atoms with Crippen molar-refractivity contribution in [3.05, 3.63) is 47.4 Å². The number of hydrogen-bond donors (Lipinski definition) is 1. The van der Waals surface area contributed by atoms with E-state index in [0.29, 0.717) is 23.9 Å². The molecule has 0 fully saturated rings. The maximum atomic E-state index is 8.74. The summed E-state index contributed by atoms with van der Waals surface area (Å²) in [5, 5.41) is 8.74. The van der Waals surface area contributed by atoms with E-state index < -0.39 is 0 Å². The summed E-state index contributed by atoms with van der Waals surface area (Å²) in [7, 11) is 0. The topological polar surface area (TPSA) is 84.8 Å². The normalized spacial score (nSPS) is 9.78. The van der Waals surface area contributed by atoms with Crippen LogP contribution in [0.2, 0.25) is 0 Å². The van der Waals surface area contributed by atoms with E-state index in [-0.39, 0.29) is 0 Å². The molecule has 0 amide bonds. The van der Waals surface area contributed by atoms with Crippen LogP contribution in [-0.2, 0) is 6.61 Å². The van der Waals surface area contributed by atoms with Crippen LogP contribution in [0.15, 0.2) is 30.5 Å². The fourth-order valence-electron chi connectivity index (χ4n) is 1.47. The molecule has 2 aromatic rings. The van der Waals surface area contributed by atoms with Crippen molar-refractivity contribution < 1.29 is 4.74 Å². The van der Waals surface area contributed by atoms with Crippen molar-refractivity contribution in [2.24, 2.45) is 0 Å². The van der Waals surface area contributed by atoms with E-state index >= 15 is 0 Å². The third-order valence-corrected chi connectivity index (χ3v) is 2.36. The average Bonchev–Trinajstić information content (AvgIpc) is 2.38. The number of ether oxygens (including phenoxy) is 1. The first-order chi connectivity index (χ1) is 8.69. The van der Waals surface area contributed by atoms with Crippen molar-refractivity contribution in [2.75, 3.05) is 5.73 Å². The van der Waals surface area contributed by atoms with Gasteiger partial charge in [-0.1, -0.05) is 0 Å². The molecule has 0 atom stereocenters. The van der Waals surface area contributed by atoms with Gasteiger partial charge in [-0.25, -0.2) is 9.97 Å². The highest BCUT2D eigenvalue weighted by atomic mass is 16.5. The highest BCUT2D eigenvalue weighted by Crippen LogP contribution is 2.20. The molecule has 18 heavy (non-hydrogen) atoms. The minimum Gasteiger partial charge on any atom is -0.485 e. The molecule has 90 valence electrons. The van der Waals surface area contributed by atoms with Gasteiger partial charge in [0.05, 0.1) is 0 Å². The van der Waals surface area contributed by atoms with Crippen LogP contribution in [0.3, 0.4) is 0 Å². The van der Waals surface area contributed by atoms with Crippen LogP contribution in [0.5, 0.6) is 5.75 Å². The lowest BCUT2D eigenvalue weighted by Crippen LogP contribution is -2.01. The summed E-state index contributed by atoms with van der Waals surface area (Å²) in [5.41, 5.74) is 7.81. The smallest absolute Gasteiger partial charge is 0.166 e. The molecule has 2 aromatic heterocycles. The summed E-state index contributed by atoms with van der Waals surface area (Å²) in [6.45, 7) is 2.19. The summed E-state index contributed by atoms with van der Waals surface area (Å²) >= 11 is 0. The molecule has 5 heteroatoms. The molecule has 5 nitrogen and oxygen atoms in total. The molecule has 0 saturated heterocycles. The van der Waals surface area contributed by atoms with Gasteiger partial charge in [-0.2, -0.15) is 5.26 Å². The summed E-state index contributed by atoms with van der Waals surface area (Å²) in [4.78, 5) is 8.00. The second-order valence-electron chi connectivity index (χ2n) is 3.79. The summed E-state index contributed by atoms with van der Waals surface area (Å²) in [6, 6.07) is 9.06. The van der Waals surface area contributed by atoms with Gasteiger partial charge in [-0.05, 0) is 36.8 Å². The average molecular weight is 240 g/mol. The second kappa shape index (κ2) is 5.15. The number of aryl methyl sites for hydroxylation is 1. The molecule has 0 radical (unpaired) electrons. The van der Waals surface area contributed by atoms with Crippen LogP contribution in [0.25, 0.3) is 0 Å². The third kappa shape index (κ3) is 2.74. The van der Waals surface area contributed by atoms with E-state index in [2.05, 4.69) is 9.97 Å². The summed E-state index contributed by atoms with van der Waals surface area (Å²) < 4.78 is 5.55. The molecule has 0 bridgehead atoms. The van der Waals surface area contributed by atoms with Crippen molar-refractivity contribution in [1.82, 2.24) is 9.97 Å². The highest BCUT2D eigenvalue weighted by Gasteiger charge is 2.03. The monoisotopic (exact) mass is 240 g/mol. The SMILES string of the molecule is Cc1ccc(OCc2ccnc(C#N)c2)c(N)n1. The van der Waals surface area contributed by atoms with Gasteiger partial charge < -0.3 is 10.5 Å². The Morgan fingerprint density at radius 2 is 2.22 bits per heavy atom. The van der Waals surface area contributed by atoms with Crippen molar-refractivity contribution in [1.29, 1.82) is 5.26 Å². The third-order valence-electron chi connectivity index (χ3n) is 2.36. The molecule has 0 aromatic carbocycles. The molecule has 2 N–H and O–H groups in total. The minimum atomic E-state index is 0.326. The molecular weight excluding hydrogens is 228 g/mol. The molecular formula is C13H12N4O. The van der Waals surface area contributed by atoms with Gasteiger partial charge in [0.15, 0.2) is 11.6 Å². The number of nitrogen functional groups attached to an aromatic ring is 1. The number of nitrogens with two attached hydrogens (primary N) is 1. The second-order valence-corrected chi connectivity index (χ2v) is 3.79. The Kier molecular flexibility index (Phi) is 3.39. The van der Waals surface area contributed by atoms with Crippen molar-refractivity contribution >= 4 is 5.82 Å². The van der Waals surface area contributed by atoms with Crippen LogP contribution in [0.1, 0.15) is 17.0 Å². The van der Waals surface area contributed by atoms with E-state index in [1.54, 1.807) is 24.4 Å². The van der Waals surface area contributed by atoms with Gasteiger partial charge in [0, 0.05) is 11.9 Å². The predicted octanol–water partition coefficient (Wildman–Crippen LogP) is 1.82. The largest absolute Gasteiger partial charge is 0.485 e. The number of anilines is 1. The first-order valence-corrected chi connectivity index (χ1v) is 5.40. The lowest BCUT2D eigenvalue weighted by atomic mass is 10.2. The van der Waals surface area contributed by atoms with E-state index in [9.17, 15) is 0 Å². The highest BCUT2D eigenvalue weighted by molar-refractivity contribution is 5.46. The van der Waals surface area contributed by atoms with E-state index in [0.717, 1.165) is 11.3 Å². The fourth-order valence-corrected chi connectivity index (χ4v) is 1.47. The van der Waals surface area contributed by atoms with Gasteiger partial charge in [0.25, 0.3) is 0 Å². The van der Waals surface area contributed by atoms with Crippen molar-refractivity contribution in [3.63, 3.8) is 0 Å². The van der Waals surface area contributed by atoms with Crippen LogP contribution >= 0.6 is 0 Å². The lowest BCUT2D eigenvalue weighted by molar-refractivity contribution is 0.306. The number of nitrogens with zero attached hydrogens (tertiary/aromatic N) is 3. The molecule has 0 unspecified atom stereocenters. The van der Waals surface area contributed by atoms with Crippen molar-refractivity contribution in [3.8, 4) is 11.8 Å². The van der Waals surface area contributed by atoms with Crippen molar-refractivity contribution in [2.45, 2.75) is 13.5 Å². The Labute approximate surface area is 105 Å². The van der Waals surface area contributed by atoms with Gasteiger partial charge in [-0.15, -0.1) is 0 Å². The number of aromatic nitrogens is 2. The maximum absolute atomic E-state index is 8.74. The van der Waals surface area contributed by atoms with Gasteiger partial charge >= 0.3 is 0 Å². The van der Waals surface area contributed by atoms with Gasteiger partial charge in [-0.3, -0.25) is 0 Å². The molecule has 0 aliphatic heterocycles. The maximum Gasteiger partial charge on any atom is 0.166 e. The van der Waals surface area contributed by atoms with Crippen LogP contribution < -0.4 is 10.5 Å². The van der Waals surface area contributed by atoms with Crippen LogP contribution in [0, 0.1) is 18.3 Å². The zero-order valence-electron chi connectivity index (χ0n) is 9.92. The van der Waals surface area contributed by atoms with Crippen LogP contribution in [-0.4, -0.2) is 9.97 Å². The first-order valence-electron chi connectivity index (χ1n) is 5.40. The Bertz CT molecular complexity index is 604. The first kappa shape index (κ1) is 11.9. The minimum absolute atomic E-state index is 0.326. The fraction of sp³-hybridized carbons (Fsp3) is 0.154. The number of nitriles is 1. The molecule has 0 aliphatic carbocycles. The molecule has 0 aliphatic rings. The zero-order valence-corrected chi connectivity index (χ0v) is 9.92. The Morgan fingerprint density at radius 3 is 2.94 bits per heavy atom. The number of hydrogen-bond acceptors (Lipinski definition) is 5. The van der Waals surface area contributed by atoms with Gasteiger partial charge in [0.2, 0.25) is 0 Å². The molecule has 2 heterocycles. The standard InChI is InChI=1S/C13H12N4O/c1-9-2-3-12(13(15)17-9)18-8-10-4-5-16-11(6-10)7-14/h2-6H,8H2,1H3,(H2,15,17). The predicted molar refractivity (Wildman–Crippen MR) is 66.7 cm³/mol. The number of rotatable bonds is 3. The quantitative estimate of drug-likeness (QED) is 0.884. The van der Waals surface area contributed by atoms with E-state index in [1.165, 1.54) is 0 Å².